The van der Waals surface area contributed by atoms with Gasteiger partial charge in [-0.05, 0) is 6.42 Å². The van der Waals surface area contributed by atoms with Gasteiger partial charge >= 0.3 is 0 Å². The summed E-state index contributed by atoms with van der Waals surface area (Å²) in [6, 6.07) is 0. The van der Waals surface area contributed by atoms with Crippen LogP contribution in [0.15, 0.2) is 25.3 Å². The number of rotatable bonds is 9. The van der Waals surface area contributed by atoms with Crippen molar-refractivity contribution in [1.29, 1.82) is 0 Å². The zero-order valence-electron chi connectivity index (χ0n) is 9.41. The third-order valence-electron chi connectivity index (χ3n) is 2.59. The first-order chi connectivity index (χ1) is 6.76. The average molecular weight is 196 g/mol. The van der Waals surface area contributed by atoms with E-state index in [-0.39, 0.29) is 12.0 Å². The van der Waals surface area contributed by atoms with E-state index in [0.717, 1.165) is 12.8 Å². The highest BCUT2D eigenvalue weighted by Gasteiger charge is 2.11. The molecule has 0 aromatic heterocycles. The van der Waals surface area contributed by atoms with Crippen molar-refractivity contribution in [2.24, 2.45) is 5.92 Å². The van der Waals surface area contributed by atoms with Crippen LogP contribution in [0.2, 0.25) is 0 Å². The van der Waals surface area contributed by atoms with Crippen LogP contribution in [0.5, 0.6) is 0 Å². The Bertz CT molecular complexity index is 143. The van der Waals surface area contributed by atoms with E-state index in [9.17, 15) is 5.11 Å². The van der Waals surface area contributed by atoms with Crippen LogP contribution in [0.4, 0.5) is 0 Å². The SMILES string of the molecule is C=CC(C=C)C(O)CCCCCCC. The van der Waals surface area contributed by atoms with Gasteiger partial charge in [0.15, 0.2) is 0 Å². The molecule has 82 valence electrons. The summed E-state index contributed by atoms with van der Waals surface area (Å²) < 4.78 is 0. The van der Waals surface area contributed by atoms with E-state index >= 15 is 0 Å². The van der Waals surface area contributed by atoms with E-state index in [4.69, 9.17) is 0 Å². The van der Waals surface area contributed by atoms with E-state index in [0.29, 0.717) is 0 Å². The third kappa shape index (κ3) is 5.98. The van der Waals surface area contributed by atoms with E-state index in [1.807, 2.05) is 0 Å². The standard InChI is InChI=1S/C13H24O/c1-4-7-8-9-10-11-13(14)12(5-2)6-3/h5-6,12-14H,2-4,7-11H2,1H3. The van der Waals surface area contributed by atoms with E-state index < -0.39 is 0 Å². The van der Waals surface area contributed by atoms with Gasteiger partial charge in [-0.25, -0.2) is 0 Å². The Morgan fingerprint density at radius 1 is 1.07 bits per heavy atom. The molecule has 0 rings (SSSR count). The molecular weight excluding hydrogens is 172 g/mol. The lowest BCUT2D eigenvalue weighted by atomic mass is 9.97. The van der Waals surface area contributed by atoms with Crippen molar-refractivity contribution in [2.45, 2.75) is 51.6 Å². The highest BCUT2D eigenvalue weighted by Crippen LogP contribution is 2.14. The predicted octanol–water partition coefficient (Wildman–Crippen LogP) is 3.70. The summed E-state index contributed by atoms with van der Waals surface area (Å²) in [4.78, 5) is 0. The molecule has 1 N–H and O–H groups in total. The second-order valence-corrected chi connectivity index (χ2v) is 3.82. The average Bonchev–Trinajstić information content (AvgIpc) is 2.19. The Kier molecular flexibility index (Phi) is 8.65. The van der Waals surface area contributed by atoms with Gasteiger partial charge in [-0.1, -0.05) is 51.2 Å². The molecule has 0 aliphatic heterocycles. The largest absolute Gasteiger partial charge is 0.392 e. The first-order valence-electron chi connectivity index (χ1n) is 5.69. The monoisotopic (exact) mass is 196 g/mol. The summed E-state index contributed by atoms with van der Waals surface area (Å²) in [6.07, 6.45) is 10.3. The molecule has 0 spiro atoms. The van der Waals surface area contributed by atoms with Crippen LogP contribution in [0.25, 0.3) is 0 Å². The van der Waals surface area contributed by atoms with Gasteiger partial charge in [-0.3, -0.25) is 0 Å². The maximum absolute atomic E-state index is 9.72. The Balaban J connectivity index is 3.47. The minimum atomic E-state index is -0.286. The molecule has 0 bridgehead atoms. The Morgan fingerprint density at radius 3 is 2.14 bits per heavy atom. The summed E-state index contributed by atoms with van der Waals surface area (Å²) in [5.41, 5.74) is 0. The first kappa shape index (κ1) is 13.4. The highest BCUT2D eigenvalue weighted by molar-refractivity contribution is 4.96. The van der Waals surface area contributed by atoms with E-state index in [1.54, 1.807) is 12.2 Å². The van der Waals surface area contributed by atoms with Crippen LogP contribution in [0.3, 0.4) is 0 Å². The Morgan fingerprint density at radius 2 is 1.64 bits per heavy atom. The molecule has 14 heavy (non-hydrogen) atoms. The van der Waals surface area contributed by atoms with Crippen LogP contribution < -0.4 is 0 Å². The van der Waals surface area contributed by atoms with Crippen molar-refractivity contribution in [1.82, 2.24) is 0 Å². The van der Waals surface area contributed by atoms with Gasteiger partial charge in [0.25, 0.3) is 0 Å². The molecule has 0 aliphatic rings. The first-order valence-corrected chi connectivity index (χ1v) is 5.69. The molecule has 0 aliphatic carbocycles. The number of aliphatic hydroxyl groups excluding tert-OH is 1. The summed E-state index contributed by atoms with van der Waals surface area (Å²) in [6.45, 7) is 9.57. The molecule has 1 unspecified atom stereocenters. The fourth-order valence-electron chi connectivity index (χ4n) is 1.56. The van der Waals surface area contributed by atoms with Crippen LogP contribution in [0, 0.1) is 5.92 Å². The van der Waals surface area contributed by atoms with Crippen LogP contribution in [-0.4, -0.2) is 11.2 Å². The second-order valence-electron chi connectivity index (χ2n) is 3.82. The molecule has 1 atom stereocenters. The van der Waals surface area contributed by atoms with Crippen LogP contribution in [0.1, 0.15) is 45.4 Å². The summed E-state index contributed by atoms with van der Waals surface area (Å²) >= 11 is 0. The molecule has 0 aromatic carbocycles. The van der Waals surface area contributed by atoms with Crippen molar-refractivity contribution < 1.29 is 5.11 Å². The van der Waals surface area contributed by atoms with Crippen molar-refractivity contribution in [3.63, 3.8) is 0 Å². The van der Waals surface area contributed by atoms with Gasteiger partial charge in [0.1, 0.15) is 0 Å². The van der Waals surface area contributed by atoms with Gasteiger partial charge in [0, 0.05) is 5.92 Å². The van der Waals surface area contributed by atoms with Crippen molar-refractivity contribution in [2.75, 3.05) is 0 Å². The van der Waals surface area contributed by atoms with Crippen LogP contribution >= 0.6 is 0 Å². The van der Waals surface area contributed by atoms with Gasteiger partial charge < -0.3 is 5.11 Å². The molecule has 0 heterocycles. The lowest BCUT2D eigenvalue weighted by Crippen LogP contribution is -2.15. The molecule has 0 saturated heterocycles. The summed E-state index contributed by atoms with van der Waals surface area (Å²) in [5, 5.41) is 9.72. The zero-order valence-corrected chi connectivity index (χ0v) is 9.41. The van der Waals surface area contributed by atoms with E-state index in [2.05, 4.69) is 20.1 Å². The lowest BCUT2D eigenvalue weighted by Gasteiger charge is -2.15. The number of hydrogen-bond acceptors (Lipinski definition) is 1. The molecule has 1 heteroatoms. The lowest BCUT2D eigenvalue weighted by molar-refractivity contribution is 0.135. The number of aliphatic hydroxyl groups is 1. The number of hydrogen-bond donors (Lipinski definition) is 1. The molecule has 0 aromatic rings. The number of unbranched alkanes of at least 4 members (excludes halogenated alkanes) is 4. The highest BCUT2D eigenvalue weighted by atomic mass is 16.3. The van der Waals surface area contributed by atoms with E-state index in [1.165, 1.54) is 25.7 Å². The quantitative estimate of drug-likeness (QED) is 0.440. The second kappa shape index (κ2) is 9.01. The smallest absolute Gasteiger partial charge is 0.0637 e. The maximum atomic E-state index is 9.72. The van der Waals surface area contributed by atoms with Gasteiger partial charge in [0.05, 0.1) is 6.10 Å². The summed E-state index contributed by atoms with van der Waals surface area (Å²) in [7, 11) is 0. The molecule has 0 radical (unpaired) electrons. The fraction of sp³-hybridized carbons (Fsp3) is 0.692. The van der Waals surface area contributed by atoms with Gasteiger partial charge in [-0.2, -0.15) is 0 Å². The van der Waals surface area contributed by atoms with Crippen molar-refractivity contribution in [3.05, 3.63) is 25.3 Å². The molecule has 1 nitrogen and oxygen atoms in total. The van der Waals surface area contributed by atoms with Crippen molar-refractivity contribution in [3.8, 4) is 0 Å². The molecule has 0 saturated carbocycles. The normalized spacial score (nSPS) is 12.8. The molecule has 0 fully saturated rings. The predicted molar refractivity (Wildman–Crippen MR) is 63.3 cm³/mol. The third-order valence-corrected chi connectivity index (χ3v) is 2.59. The minimum Gasteiger partial charge on any atom is -0.392 e. The van der Waals surface area contributed by atoms with Gasteiger partial charge in [-0.15, -0.1) is 13.2 Å². The minimum absolute atomic E-state index is 0.0566. The molecular formula is C13H24O. The zero-order chi connectivity index (χ0) is 10.8. The fourth-order valence-corrected chi connectivity index (χ4v) is 1.56. The maximum Gasteiger partial charge on any atom is 0.0637 e. The Labute approximate surface area is 88.5 Å². The Hall–Kier alpha value is -0.560. The molecule has 0 amide bonds. The van der Waals surface area contributed by atoms with Crippen LogP contribution in [-0.2, 0) is 0 Å². The summed E-state index contributed by atoms with van der Waals surface area (Å²) in [5.74, 6) is 0.0566. The van der Waals surface area contributed by atoms with Crippen molar-refractivity contribution >= 4 is 0 Å². The van der Waals surface area contributed by atoms with Gasteiger partial charge in [0.2, 0.25) is 0 Å². The topological polar surface area (TPSA) is 20.2 Å².